The van der Waals surface area contributed by atoms with E-state index in [-0.39, 0.29) is 0 Å². The van der Waals surface area contributed by atoms with E-state index in [2.05, 4.69) is 4.98 Å². The van der Waals surface area contributed by atoms with Crippen LogP contribution in [0.5, 0.6) is 5.75 Å². The standard InChI is InChI=1S/C14H17NO2S/c1-4-17-11-7-5-10(6-8-11)13-15-9-12(18-13)14(2,3)16/h5-9,16H,4H2,1-3H3. The van der Waals surface area contributed by atoms with Crippen molar-refractivity contribution in [2.75, 3.05) is 6.61 Å². The second kappa shape index (κ2) is 5.08. The van der Waals surface area contributed by atoms with Gasteiger partial charge in [-0.15, -0.1) is 11.3 Å². The highest BCUT2D eigenvalue weighted by Crippen LogP contribution is 2.32. The number of ether oxygens (including phenoxy) is 1. The number of thiazole rings is 1. The highest BCUT2D eigenvalue weighted by Gasteiger charge is 2.19. The van der Waals surface area contributed by atoms with E-state index in [4.69, 9.17) is 4.74 Å². The van der Waals surface area contributed by atoms with Crippen LogP contribution in [-0.4, -0.2) is 16.7 Å². The van der Waals surface area contributed by atoms with E-state index in [1.165, 1.54) is 11.3 Å². The minimum Gasteiger partial charge on any atom is -0.494 e. The fraction of sp³-hybridized carbons (Fsp3) is 0.357. The summed E-state index contributed by atoms with van der Waals surface area (Å²) < 4.78 is 5.40. The van der Waals surface area contributed by atoms with Gasteiger partial charge in [0.2, 0.25) is 0 Å². The van der Waals surface area contributed by atoms with Gasteiger partial charge < -0.3 is 9.84 Å². The third-order valence-electron chi connectivity index (χ3n) is 2.52. The van der Waals surface area contributed by atoms with Gasteiger partial charge in [-0.3, -0.25) is 0 Å². The first kappa shape index (κ1) is 13.1. The van der Waals surface area contributed by atoms with Crippen LogP contribution in [0.4, 0.5) is 0 Å². The van der Waals surface area contributed by atoms with Gasteiger partial charge in [-0.2, -0.15) is 0 Å². The summed E-state index contributed by atoms with van der Waals surface area (Å²) in [6.45, 7) is 6.16. The summed E-state index contributed by atoms with van der Waals surface area (Å²) in [6.07, 6.45) is 1.73. The Morgan fingerprint density at radius 1 is 1.28 bits per heavy atom. The molecule has 2 rings (SSSR count). The van der Waals surface area contributed by atoms with E-state index < -0.39 is 5.60 Å². The van der Waals surface area contributed by atoms with Gasteiger partial charge in [-0.05, 0) is 45.0 Å². The lowest BCUT2D eigenvalue weighted by molar-refractivity contribution is 0.0823. The first-order chi connectivity index (χ1) is 8.50. The molecule has 0 bridgehead atoms. The molecule has 0 unspecified atom stereocenters. The van der Waals surface area contributed by atoms with Crippen molar-refractivity contribution in [2.24, 2.45) is 0 Å². The molecule has 0 fully saturated rings. The van der Waals surface area contributed by atoms with E-state index in [0.29, 0.717) is 6.61 Å². The van der Waals surface area contributed by atoms with Crippen molar-refractivity contribution >= 4 is 11.3 Å². The molecule has 1 heterocycles. The van der Waals surface area contributed by atoms with Crippen LogP contribution >= 0.6 is 11.3 Å². The van der Waals surface area contributed by atoms with Gasteiger partial charge in [0.15, 0.2) is 0 Å². The molecule has 0 aliphatic heterocycles. The number of hydrogen-bond donors (Lipinski definition) is 1. The Labute approximate surface area is 111 Å². The molecule has 1 aromatic heterocycles. The molecule has 0 spiro atoms. The van der Waals surface area contributed by atoms with Crippen LogP contribution in [0.3, 0.4) is 0 Å². The molecule has 3 nitrogen and oxygen atoms in total. The normalized spacial score (nSPS) is 11.6. The molecule has 0 aliphatic carbocycles. The van der Waals surface area contributed by atoms with Gasteiger partial charge >= 0.3 is 0 Å². The Hall–Kier alpha value is -1.39. The van der Waals surface area contributed by atoms with Gasteiger partial charge in [0.1, 0.15) is 10.8 Å². The quantitative estimate of drug-likeness (QED) is 0.918. The monoisotopic (exact) mass is 263 g/mol. The van der Waals surface area contributed by atoms with Gasteiger partial charge in [-0.25, -0.2) is 4.98 Å². The molecule has 0 saturated heterocycles. The highest BCUT2D eigenvalue weighted by molar-refractivity contribution is 7.15. The minimum atomic E-state index is -0.832. The van der Waals surface area contributed by atoms with Crippen LogP contribution in [0.1, 0.15) is 25.6 Å². The van der Waals surface area contributed by atoms with Crippen molar-refractivity contribution in [3.63, 3.8) is 0 Å². The minimum absolute atomic E-state index is 0.666. The van der Waals surface area contributed by atoms with E-state index in [1.54, 1.807) is 20.0 Å². The van der Waals surface area contributed by atoms with E-state index >= 15 is 0 Å². The molecule has 1 aromatic carbocycles. The van der Waals surface area contributed by atoms with Crippen LogP contribution in [0, 0.1) is 0 Å². The molecule has 2 aromatic rings. The first-order valence-electron chi connectivity index (χ1n) is 5.92. The zero-order valence-electron chi connectivity index (χ0n) is 10.8. The Morgan fingerprint density at radius 2 is 1.94 bits per heavy atom. The predicted octanol–water partition coefficient (Wildman–Crippen LogP) is 3.44. The molecule has 0 atom stereocenters. The van der Waals surface area contributed by atoms with Gasteiger partial charge in [0.25, 0.3) is 0 Å². The summed E-state index contributed by atoms with van der Waals surface area (Å²) in [5, 5.41) is 10.8. The Kier molecular flexibility index (Phi) is 3.68. The fourth-order valence-electron chi connectivity index (χ4n) is 1.55. The summed E-state index contributed by atoms with van der Waals surface area (Å²) >= 11 is 1.51. The SMILES string of the molecule is CCOc1ccc(-c2ncc(C(C)(C)O)s2)cc1. The number of hydrogen-bond acceptors (Lipinski definition) is 4. The molecule has 1 N–H and O–H groups in total. The molecular weight excluding hydrogens is 246 g/mol. The van der Waals surface area contributed by atoms with Crippen molar-refractivity contribution in [2.45, 2.75) is 26.4 Å². The zero-order valence-corrected chi connectivity index (χ0v) is 11.6. The number of aromatic nitrogens is 1. The van der Waals surface area contributed by atoms with Crippen molar-refractivity contribution in [3.8, 4) is 16.3 Å². The molecule has 0 aliphatic rings. The Balaban J connectivity index is 2.23. The van der Waals surface area contributed by atoms with E-state index in [9.17, 15) is 5.11 Å². The average Bonchev–Trinajstić information content (AvgIpc) is 2.79. The number of rotatable bonds is 4. The van der Waals surface area contributed by atoms with Crippen molar-refractivity contribution in [1.82, 2.24) is 4.98 Å². The molecule has 18 heavy (non-hydrogen) atoms. The first-order valence-corrected chi connectivity index (χ1v) is 6.74. The maximum Gasteiger partial charge on any atom is 0.123 e. The van der Waals surface area contributed by atoms with Crippen molar-refractivity contribution < 1.29 is 9.84 Å². The largest absolute Gasteiger partial charge is 0.494 e. The lowest BCUT2D eigenvalue weighted by Crippen LogP contribution is -2.12. The molecule has 0 radical (unpaired) electrons. The maximum absolute atomic E-state index is 9.91. The maximum atomic E-state index is 9.91. The summed E-state index contributed by atoms with van der Waals surface area (Å²) in [5.74, 6) is 0.862. The van der Waals surface area contributed by atoms with Crippen molar-refractivity contribution in [1.29, 1.82) is 0 Å². The van der Waals surface area contributed by atoms with Crippen LogP contribution in [0.2, 0.25) is 0 Å². The Morgan fingerprint density at radius 3 is 2.44 bits per heavy atom. The number of nitrogens with zero attached hydrogens (tertiary/aromatic N) is 1. The fourth-order valence-corrected chi connectivity index (χ4v) is 2.47. The smallest absolute Gasteiger partial charge is 0.123 e. The molecule has 96 valence electrons. The van der Waals surface area contributed by atoms with E-state index in [1.807, 2.05) is 31.2 Å². The van der Waals surface area contributed by atoms with E-state index in [0.717, 1.165) is 21.2 Å². The molecular formula is C14H17NO2S. The molecule has 0 amide bonds. The summed E-state index contributed by atoms with van der Waals surface area (Å²) in [4.78, 5) is 5.21. The second-order valence-electron chi connectivity index (χ2n) is 4.55. The third-order valence-corrected chi connectivity index (χ3v) is 3.88. The lowest BCUT2D eigenvalue weighted by atomic mass is 10.1. The molecule has 0 saturated carbocycles. The number of aliphatic hydroxyl groups is 1. The third kappa shape index (κ3) is 2.89. The highest BCUT2D eigenvalue weighted by atomic mass is 32.1. The van der Waals surface area contributed by atoms with Gasteiger partial charge in [-0.1, -0.05) is 0 Å². The van der Waals surface area contributed by atoms with Crippen LogP contribution in [0.15, 0.2) is 30.5 Å². The summed E-state index contributed by atoms with van der Waals surface area (Å²) in [5.41, 5.74) is 0.209. The van der Waals surface area contributed by atoms with Crippen LogP contribution in [-0.2, 0) is 5.60 Å². The number of benzene rings is 1. The summed E-state index contributed by atoms with van der Waals surface area (Å²) in [7, 11) is 0. The summed E-state index contributed by atoms with van der Waals surface area (Å²) in [6, 6.07) is 7.84. The molecule has 4 heteroatoms. The zero-order chi connectivity index (χ0) is 13.2. The topological polar surface area (TPSA) is 42.4 Å². The van der Waals surface area contributed by atoms with Crippen LogP contribution in [0.25, 0.3) is 10.6 Å². The van der Waals surface area contributed by atoms with Crippen LogP contribution < -0.4 is 4.74 Å². The lowest BCUT2D eigenvalue weighted by Gasteiger charge is -2.13. The second-order valence-corrected chi connectivity index (χ2v) is 5.58. The van der Waals surface area contributed by atoms with Gasteiger partial charge in [0.05, 0.1) is 17.1 Å². The average molecular weight is 263 g/mol. The van der Waals surface area contributed by atoms with Crippen molar-refractivity contribution in [3.05, 3.63) is 35.3 Å². The predicted molar refractivity (Wildman–Crippen MR) is 74.0 cm³/mol. The Bertz CT molecular complexity index is 511. The van der Waals surface area contributed by atoms with Gasteiger partial charge in [0, 0.05) is 11.8 Å².